The van der Waals surface area contributed by atoms with Crippen LogP contribution >= 0.6 is 0 Å². The van der Waals surface area contributed by atoms with E-state index in [0.717, 1.165) is 25.1 Å². The predicted octanol–water partition coefficient (Wildman–Crippen LogP) is 0.849. The van der Waals surface area contributed by atoms with Crippen molar-refractivity contribution in [2.24, 2.45) is 5.92 Å². The number of hydrogen-bond donors (Lipinski definition) is 1. The lowest BCUT2D eigenvalue weighted by Crippen LogP contribution is -2.43. The van der Waals surface area contributed by atoms with E-state index in [1.54, 1.807) is 0 Å². The van der Waals surface area contributed by atoms with E-state index in [1.807, 2.05) is 0 Å². The lowest BCUT2D eigenvalue weighted by molar-refractivity contribution is 0.0477. The van der Waals surface area contributed by atoms with Gasteiger partial charge in [-0.05, 0) is 44.7 Å². The third-order valence-electron chi connectivity index (χ3n) is 4.03. The third-order valence-corrected chi connectivity index (χ3v) is 4.03. The Labute approximate surface area is 92.2 Å². The lowest BCUT2D eigenvalue weighted by atomic mass is 10.0. The van der Waals surface area contributed by atoms with Crippen LogP contribution in [0.15, 0.2) is 0 Å². The van der Waals surface area contributed by atoms with E-state index >= 15 is 0 Å². The van der Waals surface area contributed by atoms with Gasteiger partial charge in [0, 0.05) is 25.7 Å². The number of ether oxygens (including phenoxy) is 1. The topological polar surface area (TPSA) is 24.5 Å². The molecule has 2 unspecified atom stereocenters. The van der Waals surface area contributed by atoms with Gasteiger partial charge >= 0.3 is 0 Å². The molecule has 0 bridgehead atoms. The zero-order valence-corrected chi connectivity index (χ0v) is 9.45. The van der Waals surface area contributed by atoms with E-state index in [1.165, 1.54) is 45.3 Å². The monoisotopic (exact) mass is 210 g/mol. The number of hydrogen-bond acceptors (Lipinski definition) is 3. The highest BCUT2D eigenvalue weighted by atomic mass is 16.5. The summed E-state index contributed by atoms with van der Waals surface area (Å²) in [6.07, 6.45) is 5.96. The minimum atomic E-state index is 0.572. The predicted molar refractivity (Wildman–Crippen MR) is 59.9 cm³/mol. The summed E-state index contributed by atoms with van der Waals surface area (Å²) in [7, 11) is 0. The maximum Gasteiger partial charge on any atom is 0.0759 e. The minimum Gasteiger partial charge on any atom is -0.376 e. The number of nitrogens with one attached hydrogen (secondary N) is 1. The largest absolute Gasteiger partial charge is 0.376 e. The molecule has 3 heteroatoms. The fourth-order valence-electron chi connectivity index (χ4n) is 3.06. The van der Waals surface area contributed by atoms with Gasteiger partial charge in [0.2, 0.25) is 0 Å². The highest BCUT2D eigenvalue weighted by Crippen LogP contribution is 2.40. The normalized spacial score (nSPS) is 39.2. The van der Waals surface area contributed by atoms with Crippen LogP contribution in [-0.2, 0) is 4.74 Å². The van der Waals surface area contributed by atoms with E-state index in [-0.39, 0.29) is 0 Å². The second-order valence-electron chi connectivity index (χ2n) is 5.17. The van der Waals surface area contributed by atoms with Gasteiger partial charge in [-0.15, -0.1) is 0 Å². The summed E-state index contributed by atoms with van der Waals surface area (Å²) in [5.41, 5.74) is 0. The van der Waals surface area contributed by atoms with Gasteiger partial charge in [0.05, 0.1) is 6.10 Å². The first-order chi connectivity index (χ1) is 7.45. The Morgan fingerprint density at radius 1 is 1.07 bits per heavy atom. The van der Waals surface area contributed by atoms with Crippen molar-refractivity contribution in [3.63, 3.8) is 0 Å². The second kappa shape index (κ2) is 4.40. The molecule has 0 spiro atoms. The van der Waals surface area contributed by atoms with Crippen LogP contribution in [0.3, 0.4) is 0 Å². The van der Waals surface area contributed by atoms with Crippen molar-refractivity contribution in [1.29, 1.82) is 0 Å². The first-order valence-corrected chi connectivity index (χ1v) is 6.51. The van der Waals surface area contributed by atoms with Crippen molar-refractivity contribution >= 4 is 0 Å². The second-order valence-corrected chi connectivity index (χ2v) is 5.17. The molecule has 0 radical (unpaired) electrons. The van der Waals surface area contributed by atoms with Gasteiger partial charge in [-0.25, -0.2) is 0 Å². The Kier molecular flexibility index (Phi) is 2.95. The van der Waals surface area contributed by atoms with Crippen molar-refractivity contribution in [2.75, 3.05) is 32.8 Å². The highest BCUT2D eigenvalue weighted by molar-refractivity contribution is 4.95. The Morgan fingerprint density at radius 2 is 2.00 bits per heavy atom. The Morgan fingerprint density at radius 3 is 2.87 bits per heavy atom. The summed E-state index contributed by atoms with van der Waals surface area (Å²) < 4.78 is 5.92. The van der Waals surface area contributed by atoms with E-state index < -0.39 is 0 Å². The Hall–Kier alpha value is -0.120. The molecule has 2 aliphatic heterocycles. The molecule has 3 fully saturated rings. The van der Waals surface area contributed by atoms with Crippen LogP contribution in [0.5, 0.6) is 0 Å². The van der Waals surface area contributed by atoms with Gasteiger partial charge in [-0.1, -0.05) is 0 Å². The first kappa shape index (κ1) is 10.1. The molecular weight excluding hydrogens is 188 g/mol. The molecule has 0 aromatic heterocycles. The SMILES string of the molecule is C1CNCCN(C2CCOC2C2CC2)C1. The molecule has 3 rings (SSSR count). The molecule has 1 N–H and O–H groups in total. The molecule has 0 aromatic rings. The molecule has 1 aliphatic carbocycles. The average Bonchev–Trinajstić information content (AvgIpc) is 3.04. The summed E-state index contributed by atoms with van der Waals surface area (Å²) in [6.45, 7) is 5.84. The van der Waals surface area contributed by atoms with Crippen molar-refractivity contribution in [3.05, 3.63) is 0 Å². The molecular formula is C12H22N2O. The van der Waals surface area contributed by atoms with Crippen LogP contribution in [0, 0.1) is 5.92 Å². The van der Waals surface area contributed by atoms with Crippen LogP contribution in [-0.4, -0.2) is 49.8 Å². The van der Waals surface area contributed by atoms with Crippen LogP contribution in [0.2, 0.25) is 0 Å². The van der Waals surface area contributed by atoms with Crippen LogP contribution in [0.1, 0.15) is 25.7 Å². The molecule has 1 saturated carbocycles. The molecule has 3 nitrogen and oxygen atoms in total. The number of nitrogens with zero attached hydrogens (tertiary/aromatic N) is 1. The molecule has 15 heavy (non-hydrogen) atoms. The van der Waals surface area contributed by atoms with Crippen LogP contribution < -0.4 is 5.32 Å². The fraction of sp³-hybridized carbons (Fsp3) is 1.00. The Bertz CT molecular complexity index is 210. The molecule has 2 heterocycles. The van der Waals surface area contributed by atoms with Gasteiger partial charge in [0.1, 0.15) is 0 Å². The fourth-order valence-corrected chi connectivity index (χ4v) is 3.06. The maximum absolute atomic E-state index is 5.92. The van der Waals surface area contributed by atoms with E-state index in [9.17, 15) is 0 Å². The number of rotatable bonds is 2. The molecule has 2 atom stereocenters. The van der Waals surface area contributed by atoms with Crippen molar-refractivity contribution in [2.45, 2.75) is 37.8 Å². The zero-order valence-electron chi connectivity index (χ0n) is 9.45. The summed E-state index contributed by atoms with van der Waals surface area (Å²) >= 11 is 0. The van der Waals surface area contributed by atoms with E-state index in [0.29, 0.717) is 6.10 Å². The lowest BCUT2D eigenvalue weighted by Gasteiger charge is -2.30. The maximum atomic E-state index is 5.92. The van der Waals surface area contributed by atoms with Crippen molar-refractivity contribution in [1.82, 2.24) is 10.2 Å². The van der Waals surface area contributed by atoms with Gasteiger partial charge in [0.15, 0.2) is 0 Å². The average molecular weight is 210 g/mol. The van der Waals surface area contributed by atoms with Crippen molar-refractivity contribution in [3.8, 4) is 0 Å². The summed E-state index contributed by atoms with van der Waals surface area (Å²) in [5, 5.41) is 3.48. The van der Waals surface area contributed by atoms with E-state index in [2.05, 4.69) is 10.2 Å². The van der Waals surface area contributed by atoms with Crippen LogP contribution in [0.4, 0.5) is 0 Å². The standard InChI is InChI=1S/C12H22N2O/c1-5-13-6-8-14(7-1)11-4-9-15-12(11)10-2-3-10/h10-13H,1-9H2. The molecule has 3 aliphatic rings. The molecule has 2 saturated heterocycles. The first-order valence-electron chi connectivity index (χ1n) is 6.51. The zero-order chi connectivity index (χ0) is 10.1. The molecule has 0 aromatic carbocycles. The summed E-state index contributed by atoms with van der Waals surface area (Å²) in [6, 6.07) is 0.734. The van der Waals surface area contributed by atoms with Gasteiger partial charge in [0.25, 0.3) is 0 Å². The quantitative estimate of drug-likeness (QED) is 0.731. The van der Waals surface area contributed by atoms with Gasteiger partial charge in [-0.2, -0.15) is 0 Å². The Balaban J connectivity index is 1.62. The summed E-state index contributed by atoms with van der Waals surface area (Å²) in [5.74, 6) is 0.897. The third kappa shape index (κ3) is 2.19. The van der Waals surface area contributed by atoms with E-state index in [4.69, 9.17) is 4.74 Å². The molecule has 0 amide bonds. The van der Waals surface area contributed by atoms with Gasteiger partial charge in [-0.3, -0.25) is 4.90 Å². The summed E-state index contributed by atoms with van der Waals surface area (Å²) in [4.78, 5) is 2.68. The van der Waals surface area contributed by atoms with Gasteiger partial charge < -0.3 is 10.1 Å². The highest BCUT2D eigenvalue weighted by Gasteiger charge is 2.42. The minimum absolute atomic E-state index is 0.572. The smallest absolute Gasteiger partial charge is 0.0759 e. The van der Waals surface area contributed by atoms with Crippen LogP contribution in [0.25, 0.3) is 0 Å². The van der Waals surface area contributed by atoms with Crippen molar-refractivity contribution < 1.29 is 4.74 Å². The molecule has 86 valence electrons.